The molecule has 9 nitrogen and oxygen atoms in total. The minimum absolute atomic E-state index is 0.0235. The van der Waals surface area contributed by atoms with Crippen LogP contribution in [-0.2, 0) is 9.59 Å². The zero-order valence-corrected chi connectivity index (χ0v) is 19.3. The summed E-state index contributed by atoms with van der Waals surface area (Å²) in [5.74, 6) is -1.46. The first-order valence-corrected chi connectivity index (χ1v) is 11.1. The molecule has 9 heteroatoms. The van der Waals surface area contributed by atoms with Crippen molar-refractivity contribution in [3.05, 3.63) is 93.5 Å². The molecule has 3 aromatic rings. The van der Waals surface area contributed by atoms with E-state index in [-0.39, 0.29) is 36.4 Å². The molecule has 0 aliphatic carbocycles. The molecule has 1 atom stereocenters. The van der Waals surface area contributed by atoms with E-state index in [0.717, 1.165) is 11.1 Å². The normalized spacial score (nSPS) is 15.1. The Morgan fingerprint density at radius 1 is 1.00 bits per heavy atom. The van der Waals surface area contributed by atoms with Gasteiger partial charge in [0.1, 0.15) is 0 Å². The van der Waals surface area contributed by atoms with Gasteiger partial charge in [-0.15, -0.1) is 0 Å². The van der Waals surface area contributed by atoms with E-state index in [1.54, 1.807) is 24.3 Å². The van der Waals surface area contributed by atoms with Gasteiger partial charge in [0.15, 0.2) is 0 Å². The fraction of sp³-hybridized carbons (Fsp3) is 0.192. The van der Waals surface area contributed by atoms with Gasteiger partial charge in [-0.25, -0.2) is 0 Å². The first-order chi connectivity index (χ1) is 16.7. The van der Waals surface area contributed by atoms with Gasteiger partial charge in [0.05, 0.1) is 10.8 Å². The number of nitrogens with one attached hydrogen (secondary N) is 2. The van der Waals surface area contributed by atoms with Gasteiger partial charge in [-0.3, -0.25) is 24.5 Å². The van der Waals surface area contributed by atoms with E-state index in [1.807, 2.05) is 32.0 Å². The fourth-order valence-corrected chi connectivity index (χ4v) is 4.02. The van der Waals surface area contributed by atoms with Crippen LogP contribution in [0.1, 0.15) is 27.9 Å². The summed E-state index contributed by atoms with van der Waals surface area (Å²) in [7, 11) is 0. The molecule has 35 heavy (non-hydrogen) atoms. The number of rotatable bonds is 6. The Morgan fingerprint density at radius 3 is 2.43 bits per heavy atom. The van der Waals surface area contributed by atoms with Crippen molar-refractivity contribution in [3.8, 4) is 0 Å². The van der Waals surface area contributed by atoms with E-state index < -0.39 is 10.8 Å². The molecule has 0 aromatic heterocycles. The van der Waals surface area contributed by atoms with Gasteiger partial charge in [-0.05, 0) is 55.8 Å². The number of non-ortho nitro benzene ring substituents is 1. The summed E-state index contributed by atoms with van der Waals surface area (Å²) in [5, 5.41) is 16.5. The molecular weight excluding hydrogens is 448 g/mol. The van der Waals surface area contributed by atoms with Gasteiger partial charge in [0.2, 0.25) is 11.8 Å². The van der Waals surface area contributed by atoms with E-state index in [0.29, 0.717) is 22.6 Å². The van der Waals surface area contributed by atoms with Crippen molar-refractivity contribution in [1.82, 2.24) is 0 Å². The lowest BCUT2D eigenvalue weighted by atomic mass is 10.1. The number of nitro benzene ring substituents is 1. The molecular formula is C26H24N4O5. The Morgan fingerprint density at radius 2 is 1.74 bits per heavy atom. The van der Waals surface area contributed by atoms with Crippen molar-refractivity contribution in [2.24, 2.45) is 5.92 Å². The quantitative estimate of drug-likeness (QED) is 0.405. The van der Waals surface area contributed by atoms with Crippen LogP contribution in [0.5, 0.6) is 0 Å². The number of carbonyl (C=O) groups excluding carboxylic acids is 3. The van der Waals surface area contributed by atoms with Crippen LogP contribution < -0.4 is 15.5 Å². The number of aryl methyl sites for hydroxylation is 2. The SMILES string of the molecule is Cc1ccc(NC(=O)c2cccc(NC(=O)[C@@H]3CC(=O)N(c4ccc([N+](=O)[O-])cc4)C3)c2)c(C)c1. The van der Waals surface area contributed by atoms with E-state index in [2.05, 4.69) is 10.6 Å². The Hall–Kier alpha value is -4.53. The predicted octanol–water partition coefficient (Wildman–Crippen LogP) is 4.46. The second kappa shape index (κ2) is 9.76. The third kappa shape index (κ3) is 5.35. The highest BCUT2D eigenvalue weighted by molar-refractivity contribution is 6.06. The molecule has 1 fully saturated rings. The summed E-state index contributed by atoms with van der Waals surface area (Å²) in [4.78, 5) is 49.9. The van der Waals surface area contributed by atoms with Gasteiger partial charge in [0.25, 0.3) is 11.6 Å². The number of hydrogen-bond donors (Lipinski definition) is 2. The van der Waals surface area contributed by atoms with E-state index in [4.69, 9.17) is 0 Å². The number of hydrogen-bond acceptors (Lipinski definition) is 5. The molecule has 3 aromatic carbocycles. The maximum atomic E-state index is 12.8. The van der Waals surface area contributed by atoms with Crippen LogP contribution in [0.3, 0.4) is 0 Å². The Balaban J connectivity index is 1.41. The van der Waals surface area contributed by atoms with Gasteiger partial charge in [-0.2, -0.15) is 0 Å². The maximum Gasteiger partial charge on any atom is 0.269 e. The summed E-state index contributed by atoms with van der Waals surface area (Å²) in [6, 6.07) is 18.0. The molecule has 1 heterocycles. The molecule has 0 saturated carbocycles. The molecule has 0 bridgehead atoms. The molecule has 0 unspecified atom stereocenters. The first-order valence-electron chi connectivity index (χ1n) is 11.1. The van der Waals surface area contributed by atoms with Crippen LogP contribution in [0.15, 0.2) is 66.7 Å². The second-order valence-electron chi connectivity index (χ2n) is 8.52. The van der Waals surface area contributed by atoms with Gasteiger partial charge in [-0.1, -0.05) is 23.8 Å². The molecule has 4 rings (SSSR count). The molecule has 1 aliphatic heterocycles. The topological polar surface area (TPSA) is 122 Å². The summed E-state index contributed by atoms with van der Waals surface area (Å²) in [6.45, 7) is 4.06. The predicted molar refractivity (Wildman–Crippen MR) is 132 cm³/mol. The van der Waals surface area contributed by atoms with Crippen LogP contribution in [-0.4, -0.2) is 29.2 Å². The minimum Gasteiger partial charge on any atom is -0.326 e. The van der Waals surface area contributed by atoms with Crippen molar-refractivity contribution >= 4 is 40.5 Å². The number of nitro groups is 1. The smallest absolute Gasteiger partial charge is 0.269 e. The van der Waals surface area contributed by atoms with Gasteiger partial charge < -0.3 is 15.5 Å². The summed E-state index contributed by atoms with van der Waals surface area (Å²) in [5.41, 5.74) is 4.03. The maximum absolute atomic E-state index is 12.8. The van der Waals surface area contributed by atoms with Crippen molar-refractivity contribution < 1.29 is 19.3 Å². The van der Waals surface area contributed by atoms with Crippen LogP contribution in [0.2, 0.25) is 0 Å². The summed E-state index contributed by atoms with van der Waals surface area (Å²) < 4.78 is 0. The monoisotopic (exact) mass is 472 g/mol. The van der Waals surface area contributed by atoms with Crippen LogP contribution in [0.25, 0.3) is 0 Å². The van der Waals surface area contributed by atoms with Crippen LogP contribution >= 0.6 is 0 Å². The average Bonchev–Trinajstić information content (AvgIpc) is 3.23. The lowest BCUT2D eigenvalue weighted by molar-refractivity contribution is -0.384. The largest absolute Gasteiger partial charge is 0.326 e. The number of nitrogens with zero attached hydrogens (tertiary/aromatic N) is 2. The summed E-state index contributed by atoms with van der Waals surface area (Å²) >= 11 is 0. The molecule has 1 saturated heterocycles. The second-order valence-corrected chi connectivity index (χ2v) is 8.52. The standard InChI is InChI=1S/C26H24N4O5/c1-16-6-11-23(17(2)12-16)28-25(32)18-4-3-5-20(13-18)27-26(33)19-14-24(31)29(15-19)21-7-9-22(10-8-21)30(34)35/h3-13,19H,14-15H2,1-2H3,(H,27,33)(H,28,32)/t19-/m1/s1. The summed E-state index contributed by atoms with van der Waals surface area (Å²) in [6.07, 6.45) is 0.0235. The van der Waals surface area contributed by atoms with Gasteiger partial charge in [0, 0.05) is 47.7 Å². The number of anilines is 3. The molecule has 3 amide bonds. The van der Waals surface area contributed by atoms with E-state index in [9.17, 15) is 24.5 Å². The number of benzene rings is 3. The average molecular weight is 473 g/mol. The molecule has 0 radical (unpaired) electrons. The molecule has 178 valence electrons. The molecule has 2 N–H and O–H groups in total. The highest BCUT2D eigenvalue weighted by atomic mass is 16.6. The number of carbonyl (C=O) groups is 3. The van der Waals surface area contributed by atoms with Crippen LogP contribution in [0, 0.1) is 29.9 Å². The van der Waals surface area contributed by atoms with E-state index >= 15 is 0 Å². The van der Waals surface area contributed by atoms with Crippen molar-refractivity contribution in [2.75, 3.05) is 22.1 Å². The molecule has 1 aliphatic rings. The zero-order valence-electron chi connectivity index (χ0n) is 19.3. The van der Waals surface area contributed by atoms with Crippen molar-refractivity contribution in [2.45, 2.75) is 20.3 Å². The lowest BCUT2D eigenvalue weighted by Gasteiger charge is -2.16. The van der Waals surface area contributed by atoms with E-state index in [1.165, 1.54) is 29.2 Å². The third-order valence-electron chi connectivity index (χ3n) is 5.89. The van der Waals surface area contributed by atoms with Gasteiger partial charge >= 0.3 is 0 Å². The molecule has 0 spiro atoms. The minimum atomic E-state index is -0.592. The lowest BCUT2D eigenvalue weighted by Crippen LogP contribution is -2.28. The van der Waals surface area contributed by atoms with Crippen LogP contribution in [0.4, 0.5) is 22.7 Å². The van der Waals surface area contributed by atoms with Crippen molar-refractivity contribution in [1.29, 1.82) is 0 Å². The Kier molecular flexibility index (Phi) is 6.59. The number of amides is 3. The third-order valence-corrected chi connectivity index (χ3v) is 5.89. The fourth-order valence-electron chi connectivity index (χ4n) is 4.02. The highest BCUT2D eigenvalue weighted by Gasteiger charge is 2.35. The zero-order chi connectivity index (χ0) is 25.1. The highest BCUT2D eigenvalue weighted by Crippen LogP contribution is 2.28. The Labute approximate surface area is 201 Å². The Bertz CT molecular complexity index is 1320. The van der Waals surface area contributed by atoms with Crippen molar-refractivity contribution in [3.63, 3.8) is 0 Å². The first kappa shape index (κ1) is 23.6.